The van der Waals surface area contributed by atoms with Gasteiger partial charge in [0.05, 0.1) is 12.0 Å². The Balaban J connectivity index is 2.55. The van der Waals surface area contributed by atoms with Gasteiger partial charge in [-0.25, -0.2) is 4.79 Å². The van der Waals surface area contributed by atoms with Gasteiger partial charge in [0.25, 0.3) is 14.1 Å². The summed E-state index contributed by atoms with van der Waals surface area (Å²) in [5, 5.41) is 0.840. The summed E-state index contributed by atoms with van der Waals surface area (Å²) in [7, 11) is -2.09. The molecule has 1 aromatic heterocycles. The zero-order valence-electron chi connectivity index (χ0n) is 14.1. The highest BCUT2D eigenvalue weighted by Crippen LogP contribution is 2.41. The highest BCUT2D eigenvalue weighted by Gasteiger charge is 2.41. The van der Waals surface area contributed by atoms with E-state index < -0.39 is 14.3 Å². The van der Waals surface area contributed by atoms with Gasteiger partial charge in [0.15, 0.2) is 5.75 Å². The largest absolute Gasteiger partial charge is 0.540 e. The average Bonchev–Trinajstić information content (AvgIpc) is 2.76. The third-order valence-corrected chi connectivity index (χ3v) is 8.50. The third-order valence-electron chi connectivity index (χ3n) is 4.17. The van der Waals surface area contributed by atoms with Crippen LogP contribution in [0.4, 0.5) is 0 Å². The molecule has 0 unspecified atom stereocenters. The lowest BCUT2D eigenvalue weighted by molar-refractivity contribution is 0.0489. The molecule has 1 heterocycles. The zero-order chi connectivity index (χ0) is 16.5. The first-order valence-corrected chi connectivity index (χ1v) is 10.5. The van der Waals surface area contributed by atoms with Crippen LogP contribution in [-0.2, 0) is 4.74 Å². The number of hydrogen-bond acceptors (Lipinski definition) is 4. The van der Waals surface area contributed by atoms with Gasteiger partial charge in [0.2, 0.25) is 0 Å². The Bertz CT molecular complexity index is 680. The minimum absolute atomic E-state index is 0.0251. The quantitative estimate of drug-likeness (QED) is 0.588. The summed E-state index contributed by atoms with van der Waals surface area (Å²) in [6, 6.07) is 7.52. The second-order valence-corrected chi connectivity index (χ2v) is 11.6. The molecule has 5 heteroatoms. The molecule has 0 bridgehead atoms. The third kappa shape index (κ3) is 3.04. The van der Waals surface area contributed by atoms with Crippen molar-refractivity contribution in [1.29, 1.82) is 0 Å². The second-order valence-electron chi connectivity index (χ2n) is 6.84. The van der Waals surface area contributed by atoms with Gasteiger partial charge in [-0.05, 0) is 37.2 Å². The van der Waals surface area contributed by atoms with Crippen molar-refractivity contribution < 1.29 is 18.4 Å². The molecule has 120 valence electrons. The van der Waals surface area contributed by atoms with E-state index in [-0.39, 0.29) is 10.8 Å². The zero-order valence-corrected chi connectivity index (χ0v) is 15.1. The van der Waals surface area contributed by atoms with E-state index in [0.717, 1.165) is 5.39 Å². The highest BCUT2D eigenvalue weighted by molar-refractivity contribution is 6.74. The minimum Gasteiger partial charge on any atom is -0.540 e. The summed E-state index contributed by atoms with van der Waals surface area (Å²) in [6.07, 6.45) is 0. The van der Waals surface area contributed by atoms with E-state index in [0.29, 0.717) is 17.9 Å². The molecule has 4 nitrogen and oxygen atoms in total. The Morgan fingerprint density at radius 1 is 1.23 bits per heavy atom. The fraction of sp³-hybridized carbons (Fsp3) is 0.471. The molecule has 0 fully saturated rings. The van der Waals surface area contributed by atoms with Crippen LogP contribution in [0.1, 0.15) is 38.2 Å². The molecule has 0 atom stereocenters. The molecular formula is C17H24O4Si. The van der Waals surface area contributed by atoms with Crippen LogP contribution in [0, 0.1) is 0 Å². The number of carbonyl (C=O) groups is 1. The topological polar surface area (TPSA) is 48.7 Å². The Labute approximate surface area is 132 Å². The molecule has 0 saturated heterocycles. The van der Waals surface area contributed by atoms with Crippen LogP contribution in [0.3, 0.4) is 0 Å². The SMILES string of the molecule is CCOC(=O)c1oc2ccccc2c1O[Si](C)(C)C(C)(C)C. The van der Waals surface area contributed by atoms with Crippen molar-refractivity contribution in [3.05, 3.63) is 30.0 Å². The minimum atomic E-state index is -2.09. The van der Waals surface area contributed by atoms with Gasteiger partial charge in [0, 0.05) is 0 Å². The number of furan rings is 1. The van der Waals surface area contributed by atoms with E-state index in [1.54, 1.807) is 6.92 Å². The summed E-state index contributed by atoms with van der Waals surface area (Å²) in [5.74, 6) is 0.195. The smallest absolute Gasteiger partial charge is 0.378 e. The Hall–Kier alpha value is -1.75. The van der Waals surface area contributed by atoms with E-state index in [1.165, 1.54) is 0 Å². The van der Waals surface area contributed by atoms with Crippen molar-refractivity contribution >= 4 is 25.3 Å². The predicted molar refractivity (Wildman–Crippen MR) is 90.0 cm³/mol. The number of benzene rings is 1. The van der Waals surface area contributed by atoms with Crippen LogP contribution in [0.2, 0.25) is 18.1 Å². The van der Waals surface area contributed by atoms with Crippen molar-refractivity contribution in [2.24, 2.45) is 0 Å². The van der Waals surface area contributed by atoms with Gasteiger partial charge in [-0.1, -0.05) is 32.9 Å². The van der Waals surface area contributed by atoms with Crippen molar-refractivity contribution in [2.45, 2.75) is 45.8 Å². The molecule has 22 heavy (non-hydrogen) atoms. The molecular weight excluding hydrogens is 296 g/mol. The number of rotatable bonds is 4. The van der Waals surface area contributed by atoms with Crippen LogP contribution >= 0.6 is 0 Å². The van der Waals surface area contributed by atoms with Gasteiger partial charge in [0.1, 0.15) is 5.58 Å². The van der Waals surface area contributed by atoms with Crippen LogP contribution in [0.15, 0.2) is 28.7 Å². The first kappa shape index (κ1) is 16.6. The second kappa shape index (κ2) is 5.80. The monoisotopic (exact) mass is 320 g/mol. The van der Waals surface area contributed by atoms with Crippen molar-refractivity contribution in [3.8, 4) is 5.75 Å². The molecule has 0 N–H and O–H groups in total. The lowest BCUT2D eigenvalue weighted by atomic mass is 10.2. The van der Waals surface area contributed by atoms with Crippen LogP contribution < -0.4 is 4.43 Å². The molecule has 0 aliphatic rings. The lowest BCUT2D eigenvalue weighted by Gasteiger charge is -2.36. The molecule has 0 saturated carbocycles. The summed E-state index contributed by atoms with van der Waals surface area (Å²) in [4.78, 5) is 12.2. The predicted octanol–water partition coefficient (Wildman–Crippen LogP) is 4.99. The molecule has 0 amide bonds. The standard InChI is InChI=1S/C17H24O4Si/c1-7-19-16(18)15-14(21-22(5,6)17(2,3)4)12-10-8-9-11-13(12)20-15/h8-11H,7H2,1-6H3. The first-order valence-electron chi connectivity index (χ1n) is 7.55. The molecule has 2 aromatic rings. The number of ether oxygens (including phenoxy) is 1. The van der Waals surface area contributed by atoms with Gasteiger partial charge < -0.3 is 13.6 Å². The van der Waals surface area contributed by atoms with E-state index >= 15 is 0 Å². The van der Waals surface area contributed by atoms with Crippen LogP contribution in [0.25, 0.3) is 11.0 Å². The fourth-order valence-corrected chi connectivity index (χ4v) is 2.88. The lowest BCUT2D eigenvalue weighted by Crippen LogP contribution is -2.44. The Kier molecular flexibility index (Phi) is 4.38. The Morgan fingerprint density at radius 2 is 1.86 bits per heavy atom. The fourth-order valence-electron chi connectivity index (χ4n) is 1.86. The van der Waals surface area contributed by atoms with Crippen molar-refractivity contribution in [1.82, 2.24) is 0 Å². The Morgan fingerprint density at radius 3 is 2.45 bits per heavy atom. The van der Waals surface area contributed by atoms with Gasteiger partial charge >= 0.3 is 5.97 Å². The van der Waals surface area contributed by atoms with E-state index in [9.17, 15) is 4.79 Å². The van der Waals surface area contributed by atoms with Gasteiger partial charge in [-0.2, -0.15) is 0 Å². The molecule has 2 rings (SSSR count). The van der Waals surface area contributed by atoms with Crippen LogP contribution in [0.5, 0.6) is 5.75 Å². The van der Waals surface area contributed by atoms with E-state index in [2.05, 4.69) is 33.9 Å². The molecule has 0 spiro atoms. The number of para-hydroxylation sites is 1. The maximum absolute atomic E-state index is 12.2. The molecule has 1 aromatic carbocycles. The molecule has 0 aliphatic carbocycles. The average molecular weight is 320 g/mol. The molecule has 0 aliphatic heterocycles. The highest BCUT2D eigenvalue weighted by atomic mass is 28.4. The summed E-state index contributed by atoms with van der Waals surface area (Å²) < 4.78 is 17.2. The maximum atomic E-state index is 12.2. The first-order chi connectivity index (χ1) is 10.2. The number of fused-ring (bicyclic) bond motifs is 1. The molecule has 0 radical (unpaired) electrons. The summed E-state index contributed by atoms with van der Waals surface area (Å²) in [5.41, 5.74) is 0.638. The summed E-state index contributed by atoms with van der Waals surface area (Å²) >= 11 is 0. The van der Waals surface area contributed by atoms with Gasteiger partial charge in [-0.3, -0.25) is 0 Å². The van der Waals surface area contributed by atoms with Crippen LogP contribution in [-0.4, -0.2) is 20.9 Å². The van der Waals surface area contributed by atoms with E-state index in [4.69, 9.17) is 13.6 Å². The number of esters is 1. The maximum Gasteiger partial charge on any atom is 0.378 e. The van der Waals surface area contributed by atoms with Gasteiger partial charge in [-0.15, -0.1) is 0 Å². The normalized spacial score (nSPS) is 12.5. The van der Waals surface area contributed by atoms with Crippen molar-refractivity contribution in [3.63, 3.8) is 0 Å². The summed E-state index contributed by atoms with van der Waals surface area (Å²) in [6.45, 7) is 12.8. The number of carbonyl (C=O) groups excluding carboxylic acids is 1. The van der Waals surface area contributed by atoms with Crippen molar-refractivity contribution in [2.75, 3.05) is 6.61 Å². The number of hydrogen-bond donors (Lipinski definition) is 0. The van der Waals surface area contributed by atoms with E-state index in [1.807, 2.05) is 24.3 Å².